The first-order valence-electron chi connectivity index (χ1n) is 10.3. The lowest BCUT2D eigenvalue weighted by Gasteiger charge is -2.13. The van der Waals surface area contributed by atoms with E-state index in [2.05, 4.69) is 5.32 Å². The maximum atomic E-state index is 12.8. The Morgan fingerprint density at radius 2 is 1.82 bits per heavy atom. The first-order chi connectivity index (χ1) is 16.0. The first kappa shape index (κ1) is 22.5. The number of thioether (sulfide) groups is 1. The number of rotatable bonds is 8. The van der Waals surface area contributed by atoms with E-state index in [0.717, 1.165) is 16.7 Å². The van der Waals surface area contributed by atoms with Crippen molar-refractivity contribution in [1.29, 1.82) is 0 Å². The maximum Gasteiger partial charge on any atom is 0.294 e. The molecular weight excluding hydrogens is 448 g/mol. The molecule has 0 bridgehead atoms. The standard InChI is InChI=1S/C23H22N2O7S/c1-3-29-16-7-5-14(9-18(16)30-4-2)10-20-22(27)25(23(28)33-20)12-21(26)24-15-6-8-17-19(11-15)32-13-31-17/h5-11H,3-4,12-13H2,1-2H3,(H,24,26)/b20-10+. The van der Waals surface area contributed by atoms with E-state index in [1.165, 1.54) is 0 Å². The Hall–Kier alpha value is -3.66. The Balaban J connectivity index is 1.44. The number of nitrogens with zero attached hydrogens (tertiary/aromatic N) is 1. The molecule has 1 saturated heterocycles. The molecule has 9 nitrogen and oxygen atoms in total. The molecule has 0 atom stereocenters. The normalized spacial score (nSPS) is 15.8. The zero-order valence-corrected chi connectivity index (χ0v) is 18.9. The van der Waals surface area contributed by atoms with Gasteiger partial charge in [-0.25, -0.2) is 0 Å². The second kappa shape index (κ2) is 9.86. The third kappa shape index (κ3) is 5.06. The predicted octanol–water partition coefficient (Wildman–Crippen LogP) is 3.89. The first-order valence-corrected chi connectivity index (χ1v) is 11.1. The number of nitrogens with one attached hydrogen (secondary N) is 1. The van der Waals surface area contributed by atoms with Gasteiger partial charge in [-0.05, 0) is 61.5 Å². The van der Waals surface area contributed by atoms with Crippen molar-refractivity contribution in [3.8, 4) is 23.0 Å². The van der Waals surface area contributed by atoms with Crippen LogP contribution in [0.4, 0.5) is 10.5 Å². The Kier molecular flexibility index (Phi) is 6.74. The van der Waals surface area contributed by atoms with E-state index in [1.807, 2.05) is 13.8 Å². The van der Waals surface area contributed by atoms with Gasteiger partial charge in [0.2, 0.25) is 12.7 Å². The predicted molar refractivity (Wildman–Crippen MR) is 123 cm³/mol. The highest BCUT2D eigenvalue weighted by Crippen LogP contribution is 2.36. The summed E-state index contributed by atoms with van der Waals surface area (Å²) in [6, 6.07) is 10.2. The summed E-state index contributed by atoms with van der Waals surface area (Å²) in [4.78, 5) is 38.8. The fourth-order valence-corrected chi connectivity index (χ4v) is 4.10. The van der Waals surface area contributed by atoms with E-state index in [-0.39, 0.29) is 11.7 Å². The minimum absolute atomic E-state index is 0.121. The highest BCUT2D eigenvalue weighted by atomic mass is 32.2. The van der Waals surface area contributed by atoms with Crippen LogP contribution in [0, 0.1) is 0 Å². The van der Waals surface area contributed by atoms with Crippen LogP contribution in [-0.2, 0) is 9.59 Å². The van der Waals surface area contributed by atoms with Crippen LogP contribution in [0.2, 0.25) is 0 Å². The van der Waals surface area contributed by atoms with Crippen LogP contribution in [0.3, 0.4) is 0 Å². The molecule has 3 amide bonds. The van der Waals surface area contributed by atoms with Crippen molar-refractivity contribution in [2.75, 3.05) is 31.9 Å². The molecule has 0 aliphatic carbocycles. The van der Waals surface area contributed by atoms with Gasteiger partial charge in [0, 0.05) is 11.8 Å². The Bertz CT molecular complexity index is 1130. The average molecular weight is 471 g/mol. The van der Waals surface area contributed by atoms with Crippen LogP contribution < -0.4 is 24.3 Å². The molecule has 2 aliphatic rings. The monoisotopic (exact) mass is 470 g/mol. The van der Waals surface area contributed by atoms with E-state index < -0.39 is 23.6 Å². The van der Waals surface area contributed by atoms with Crippen molar-refractivity contribution in [2.45, 2.75) is 13.8 Å². The summed E-state index contributed by atoms with van der Waals surface area (Å²) in [6.45, 7) is 4.41. The van der Waals surface area contributed by atoms with Crippen molar-refractivity contribution in [3.05, 3.63) is 46.9 Å². The molecular formula is C23H22N2O7S. The van der Waals surface area contributed by atoms with E-state index in [9.17, 15) is 14.4 Å². The lowest BCUT2D eigenvalue weighted by atomic mass is 10.2. The molecule has 0 saturated carbocycles. The highest BCUT2D eigenvalue weighted by molar-refractivity contribution is 8.18. The minimum atomic E-state index is -0.530. The van der Waals surface area contributed by atoms with Gasteiger partial charge in [0.25, 0.3) is 11.1 Å². The molecule has 2 heterocycles. The molecule has 0 aromatic heterocycles. The second-order valence-electron chi connectivity index (χ2n) is 6.96. The van der Waals surface area contributed by atoms with Crippen molar-refractivity contribution < 1.29 is 33.3 Å². The van der Waals surface area contributed by atoms with Gasteiger partial charge in [0.05, 0.1) is 18.1 Å². The summed E-state index contributed by atoms with van der Waals surface area (Å²) in [5, 5.41) is 2.15. The largest absolute Gasteiger partial charge is 0.490 e. The molecule has 2 aromatic carbocycles. The molecule has 2 aromatic rings. The number of hydrogen-bond acceptors (Lipinski definition) is 8. The zero-order valence-electron chi connectivity index (χ0n) is 18.1. The molecule has 172 valence electrons. The molecule has 0 unspecified atom stereocenters. The van der Waals surface area contributed by atoms with Crippen molar-refractivity contribution in [3.63, 3.8) is 0 Å². The third-order valence-corrected chi connectivity index (χ3v) is 5.60. The Morgan fingerprint density at radius 3 is 2.61 bits per heavy atom. The van der Waals surface area contributed by atoms with Crippen molar-refractivity contribution in [1.82, 2.24) is 4.90 Å². The Labute approximate surface area is 194 Å². The Morgan fingerprint density at radius 1 is 1.06 bits per heavy atom. The van der Waals surface area contributed by atoms with Crippen LogP contribution in [0.25, 0.3) is 6.08 Å². The summed E-state index contributed by atoms with van der Waals surface area (Å²) in [5.41, 5.74) is 1.15. The molecule has 1 N–H and O–H groups in total. The van der Waals surface area contributed by atoms with Gasteiger partial charge in [-0.1, -0.05) is 6.07 Å². The molecule has 2 aliphatic heterocycles. The molecule has 10 heteroatoms. The number of carbonyl (C=O) groups is 3. The smallest absolute Gasteiger partial charge is 0.294 e. The van der Waals surface area contributed by atoms with Gasteiger partial charge in [0.15, 0.2) is 23.0 Å². The molecule has 0 radical (unpaired) electrons. The SMILES string of the molecule is CCOc1ccc(/C=C2/SC(=O)N(CC(=O)Nc3ccc4c(c3)OCO4)C2=O)cc1OCC. The number of anilines is 1. The summed E-state index contributed by atoms with van der Waals surface area (Å²) in [5.74, 6) is 1.23. The van der Waals surface area contributed by atoms with Crippen LogP contribution in [0.1, 0.15) is 19.4 Å². The molecule has 0 spiro atoms. The fourth-order valence-electron chi connectivity index (χ4n) is 3.26. The lowest BCUT2D eigenvalue weighted by molar-refractivity contribution is -0.127. The van der Waals surface area contributed by atoms with Crippen LogP contribution >= 0.6 is 11.8 Å². The molecule has 33 heavy (non-hydrogen) atoms. The summed E-state index contributed by atoms with van der Waals surface area (Å²) in [7, 11) is 0. The van der Waals surface area contributed by atoms with Gasteiger partial charge >= 0.3 is 0 Å². The number of fused-ring (bicyclic) bond motifs is 1. The number of amides is 3. The zero-order chi connectivity index (χ0) is 23.4. The quantitative estimate of drug-likeness (QED) is 0.580. The van der Waals surface area contributed by atoms with Crippen LogP contribution in [-0.4, -0.2) is 48.5 Å². The maximum absolute atomic E-state index is 12.8. The second-order valence-corrected chi connectivity index (χ2v) is 7.95. The van der Waals surface area contributed by atoms with Gasteiger partial charge in [-0.2, -0.15) is 0 Å². The minimum Gasteiger partial charge on any atom is -0.490 e. The van der Waals surface area contributed by atoms with Gasteiger partial charge in [0.1, 0.15) is 6.54 Å². The summed E-state index contributed by atoms with van der Waals surface area (Å²) < 4.78 is 21.7. The van der Waals surface area contributed by atoms with E-state index in [1.54, 1.807) is 42.5 Å². The van der Waals surface area contributed by atoms with Crippen LogP contribution in [0.5, 0.6) is 23.0 Å². The van der Waals surface area contributed by atoms with Crippen LogP contribution in [0.15, 0.2) is 41.3 Å². The molecule has 1 fully saturated rings. The third-order valence-electron chi connectivity index (χ3n) is 4.70. The van der Waals surface area contributed by atoms with Gasteiger partial charge < -0.3 is 24.3 Å². The van der Waals surface area contributed by atoms with Gasteiger partial charge in [-0.3, -0.25) is 19.3 Å². The molecule has 4 rings (SSSR count). The fraction of sp³-hybridized carbons (Fsp3) is 0.261. The van der Waals surface area contributed by atoms with Gasteiger partial charge in [-0.15, -0.1) is 0 Å². The number of carbonyl (C=O) groups excluding carboxylic acids is 3. The topological polar surface area (TPSA) is 103 Å². The number of hydrogen-bond donors (Lipinski definition) is 1. The highest BCUT2D eigenvalue weighted by Gasteiger charge is 2.36. The number of benzene rings is 2. The van der Waals surface area contributed by atoms with E-state index in [4.69, 9.17) is 18.9 Å². The van der Waals surface area contributed by atoms with Crippen molar-refractivity contribution in [2.24, 2.45) is 0 Å². The van der Waals surface area contributed by atoms with E-state index >= 15 is 0 Å². The van der Waals surface area contributed by atoms with Crippen molar-refractivity contribution >= 4 is 40.6 Å². The average Bonchev–Trinajstić information content (AvgIpc) is 3.35. The summed E-state index contributed by atoms with van der Waals surface area (Å²) >= 11 is 0.785. The number of ether oxygens (including phenoxy) is 4. The van der Waals surface area contributed by atoms with E-state index in [0.29, 0.717) is 47.5 Å². The summed E-state index contributed by atoms with van der Waals surface area (Å²) in [6.07, 6.45) is 1.60. The number of imide groups is 1. The lowest BCUT2D eigenvalue weighted by Crippen LogP contribution is -2.36.